The zero-order chi connectivity index (χ0) is 11.5. The molecule has 0 aliphatic rings. The number of halogens is 1. The van der Waals surface area contributed by atoms with E-state index in [-0.39, 0.29) is 0 Å². The van der Waals surface area contributed by atoms with Crippen LogP contribution in [-0.4, -0.2) is 0 Å². The molecule has 0 aliphatic heterocycles. The Balaban J connectivity index is 2.08. The minimum atomic E-state index is 0.778. The van der Waals surface area contributed by atoms with Gasteiger partial charge in [-0.3, -0.25) is 0 Å². The van der Waals surface area contributed by atoms with Crippen molar-refractivity contribution >= 4 is 33.4 Å². The SMILES string of the molecule is Cc1occc1SCc1ccc(N)cc1Br. The molecule has 0 atom stereocenters. The van der Waals surface area contributed by atoms with Gasteiger partial charge in [0.2, 0.25) is 0 Å². The Morgan fingerprint density at radius 3 is 2.81 bits per heavy atom. The maximum atomic E-state index is 5.69. The summed E-state index contributed by atoms with van der Waals surface area (Å²) in [5, 5.41) is 0. The van der Waals surface area contributed by atoms with E-state index in [1.54, 1.807) is 18.0 Å². The molecule has 84 valence electrons. The summed E-state index contributed by atoms with van der Waals surface area (Å²) in [6.45, 7) is 1.97. The molecule has 0 spiro atoms. The molecule has 1 aromatic carbocycles. The van der Waals surface area contributed by atoms with Crippen molar-refractivity contribution in [2.45, 2.75) is 17.6 Å². The van der Waals surface area contributed by atoms with Gasteiger partial charge >= 0.3 is 0 Å². The van der Waals surface area contributed by atoms with Crippen LogP contribution in [0.3, 0.4) is 0 Å². The highest BCUT2D eigenvalue weighted by Gasteiger charge is 2.05. The zero-order valence-electron chi connectivity index (χ0n) is 8.87. The van der Waals surface area contributed by atoms with Crippen LogP contribution in [0.5, 0.6) is 0 Å². The highest BCUT2D eigenvalue weighted by Crippen LogP contribution is 2.30. The molecule has 16 heavy (non-hydrogen) atoms. The Bertz CT molecular complexity index is 496. The van der Waals surface area contributed by atoms with Gasteiger partial charge in [-0.25, -0.2) is 0 Å². The highest BCUT2D eigenvalue weighted by atomic mass is 79.9. The van der Waals surface area contributed by atoms with Crippen molar-refractivity contribution < 1.29 is 4.42 Å². The Morgan fingerprint density at radius 1 is 1.38 bits per heavy atom. The molecule has 2 N–H and O–H groups in total. The molecule has 0 bridgehead atoms. The van der Waals surface area contributed by atoms with Crippen molar-refractivity contribution in [2.75, 3.05) is 5.73 Å². The summed E-state index contributed by atoms with van der Waals surface area (Å²) in [4.78, 5) is 1.18. The second-order valence-electron chi connectivity index (χ2n) is 3.48. The summed E-state index contributed by atoms with van der Waals surface area (Å²) in [5.41, 5.74) is 7.70. The van der Waals surface area contributed by atoms with Gasteiger partial charge in [0, 0.05) is 20.8 Å². The average Bonchev–Trinajstić information content (AvgIpc) is 2.63. The summed E-state index contributed by atoms with van der Waals surface area (Å²) in [6.07, 6.45) is 1.72. The van der Waals surface area contributed by atoms with Crippen LogP contribution in [0.15, 0.2) is 44.3 Å². The first-order valence-electron chi connectivity index (χ1n) is 4.87. The molecule has 0 radical (unpaired) electrons. The Kier molecular flexibility index (Phi) is 3.61. The van der Waals surface area contributed by atoms with Gasteiger partial charge < -0.3 is 10.2 Å². The van der Waals surface area contributed by atoms with Crippen molar-refractivity contribution in [3.05, 3.63) is 46.3 Å². The van der Waals surface area contributed by atoms with Gasteiger partial charge in [-0.2, -0.15) is 0 Å². The van der Waals surface area contributed by atoms with E-state index in [4.69, 9.17) is 10.2 Å². The smallest absolute Gasteiger partial charge is 0.114 e. The van der Waals surface area contributed by atoms with E-state index in [1.807, 2.05) is 31.2 Å². The lowest BCUT2D eigenvalue weighted by Gasteiger charge is -2.04. The van der Waals surface area contributed by atoms with Gasteiger partial charge in [0.1, 0.15) is 5.76 Å². The molecule has 4 heteroatoms. The normalized spacial score (nSPS) is 10.6. The molecular formula is C12H12BrNOS. The first-order chi connectivity index (χ1) is 7.66. The van der Waals surface area contributed by atoms with Gasteiger partial charge in [-0.15, -0.1) is 11.8 Å². The molecule has 0 amide bonds. The van der Waals surface area contributed by atoms with Crippen LogP contribution in [0.4, 0.5) is 5.69 Å². The first-order valence-corrected chi connectivity index (χ1v) is 6.65. The fraction of sp³-hybridized carbons (Fsp3) is 0.167. The van der Waals surface area contributed by atoms with E-state index in [0.717, 1.165) is 21.7 Å². The maximum absolute atomic E-state index is 5.69. The number of benzene rings is 1. The lowest BCUT2D eigenvalue weighted by molar-refractivity contribution is 0.527. The lowest BCUT2D eigenvalue weighted by atomic mass is 10.2. The minimum absolute atomic E-state index is 0.778. The van der Waals surface area contributed by atoms with Crippen molar-refractivity contribution in [3.8, 4) is 0 Å². The van der Waals surface area contributed by atoms with Gasteiger partial charge in [0.25, 0.3) is 0 Å². The van der Waals surface area contributed by atoms with Crippen LogP contribution in [0.2, 0.25) is 0 Å². The van der Waals surface area contributed by atoms with E-state index < -0.39 is 0 Å². The van der Waals surface area contributed by atoms with Crippen molar-refractivity contribution in [1.29, 1.82) is 0 Å². The summed E-state index contributed by atoms with van der Waals surface area (Å²) in [7, 11) is 0. The third-order valence-corrected chi connectivity index (χ3v) is 4.20. The van der Waals surface area contributed by atoms with Gasteiger partial charge in [0.15, 0.2) is 0 Å². The molecule has 1 aromatic heterocycles. The number of hydrogen-bond acceptors (Lipinski definition) is 3. The summed E-state index contributed by atoms with van der Waals surface area (Å²) in [5.74, 6) is 1.87. The minimum Gasteiger partial charge on any atom is -0.468 e. The standard InChI is InChI=1S/C12H12BrNOS/c1-8-12(4-5-15-8)16-7-9-2-3-10(14)6-11(9)13/h2-6H,7,14H2,1H3. The molecule has 2 nitrogen and oxygen atoms in total. The molecular weight excluding hydrogens is 286 g/mol. The van der Waals surface area contributed by atoms with Gasteiger partial charge in [-0.1, -0.05) is 22.0 Å². The first kappa shape index (κ1) is 11.6. The van der Waals surface area contributed by atoms with E-state index in [9.17, 15) is 0 Å². The van der Waals surface area contributed by atoms with Crippen molar-refractivity contribution in [1.82, 2.24) is 0 Å². The van der Waals surface area contributed by atoms with E-state index in [0.29, 0.717) is 0 Å². The largest absolute Gasteiger partial charge is 0.468 e. The Labute approximate surface area is 107 Å². The monoisotopic (exact) mass is 297 g/mol. The molecule has 1 heterocycles. The molecule has 0 fully saturated rings. The van der Waals surface area contributed by atoms with Crippen molar-refractivity contribution in [3.63, 3.8) is 0 Å². The van der Waals surface area contributed by atoms with E-state index >= 15 is 0 Å². The van der Waals surface area contributed by atoms with Crippen LogP contribution in [0.1, 0.15) is 11.3 Å². The number of furan rings is 1. The highest BCUT2D eigenvalue weighted by molar-refractivity contribution is 9.10. The number of aryl methyl sites for hydroxylation is 1. The van der Waals surface area contributed by atoms with Crippen LogP contribution in [-0.2, 0) is 5.75 Å². The van der Waals surface area contributed by atoms with Gasteiger partial charge in [0.05, 0.1) is 6.26 Å². The molecule has 0 saturated carbocycles. The molecule has 0 aliphatic carbocycles. The number of hydrogen-bond donors (Lipinski definition) is 1. The molecule has 0 saturated heterocycles. The number of anilines is 1. The molecule has 2 aromatic rings. The number of nitrogens with two attached hydrogens (primary N) is 1. The second kappa shape index (κ2) is 4.97. The third-order valence-electron chi connectivity index (χ3n) is 2.27. The summed E-state index contributed by atoms with van der Waals surface area (Å²) < 4.78 is 6.31. The van der Waals surface area contributed by atoms with E-state index in [2.05, 4.69) is 15.9 Å². The van der Waals surface area contributed by atoms with E-state index in [1.165, 1.54) is 10.5 Å². The Morgan fingerprint density at radius 2 is 2.19 bits per heavy atom. The topological polar surface area (TPSA) is 39.2 Å². The average molecular weight is 298 g/mol. The number of thioether (sulfide) groups is 1. The summed E-state index contributed by atoms with van der Waals surface area (Å²) in [6, 6.07) is 7.88. The predicted molar refractivity (Wildman–Crippen MR) is 71.6 cm³/mol. The summed E-state index contributed by atoms with van der Waals surface area (Å²) >= 11 is 5.28. The quantitative estimate of drug-likeness (QED) is 0.681. The fourth-order valence-corrected chi connectivity index (χ4v) is 3.05. The van der Waals surface area contributed by atoms with Crippen LogP contribution >= 0.6 is 27.7 Å². The van der Waals surface area contributed by atoms with Crippen LogP contribution in [0, 0.1) is 6.92 Å². The van der Waals surface area contributed by atoms with Crippen LogP contribution < -0.4 is 5.73 Å². The number of nitrogen functional groups attached to an aromatic ring is 1. The predicted octanol–water partition coefficient (Wildman–Crippen LogP) is 4.23. The number of rotatable bonds is 3. The molecule has 0 unspecified atom stereocenters. The van der Waals surface area contributed by atoms with Gasteiger partial charge in [-0.05, 0) is 30.7 Å². The second-order valence-corrected chi connectivity index (χ2v) is 5.35. The lowest BCUT2D eigenvalue weighted by Crippen LogP contribution is -1.88. The third kappa shape index (κ3) is 2.62. The zero-order valence-corrected chi connectivity index (χ0v) is 11.3. The fourth-order valence-electron chi connectivity index (χ4n) is 1.36. The molecule has 2 rings (SSSR count). The maximum Gasteiger partial charge on any atom is 0.114 e. The van der Waals surface area contributed by atoms with Crippen molar-refractivity contribution in [2.24, 2.45) is 0 Å². The van der Waals surface area contributed by atoms with Crippen LogP contribution in [0.25, 0.3) is 0 Å². The Hall–Kier alpha value is -0.870.